The number of rotatable bonds is 3. The number of aromatic nitrogens is 2. The number of fused-ring (bicyclic) bond motifs is 1. The molecule has 1 amide bonds. The second-order valence-electron chi connectivity index (χ2n) is 4.74. The van der Waals surface area contributed by atoms with Gasteiger partial charge in [0.25, 0.3) is 12.3 Å². The van der Waals surface area contributed by atoms with Gasteiger partial charge in [0.05, 0.1) is 6.20 Å². The van der Waals surface area contributed by atoms with E-state index in [4.69, 9.17) is 23.2 Å². The Hall–Kier alpha value is -2.12. The Labute approximate surface area is 139 Å². The van der Waals surface area contributed by atoms with Crippen molar-refractivity contribution in [3.8, 4) is 0 Å². The molecule has 1 aliphatic heterocycles. The Morgan fingerprint density at radius 2 is 2.00 bits per heavy atom. The first kappa shape index (κ1) is 15.8. The summed E-state index contributed by atoms with van der Waals surface area (Å²) in [5.74, 6) is -0.291. The molecule has 120 valence electrons. The highest BCUT2D eigenvalue weighted by atomic mass is 35.5. The first-order chi connectivity index (χ1) is 11.0. The van der Waals surface area contributed by atoms with Gasteiger partial charge < -0.3 is 10.6 Å². The summed E-state index contributed by atoms with van der Waals surface area (Å²) in [6.07, 6.45) is -0.132. The molecule has 0 saturated carbocycles. The highest BCUT2D eigenvalue weighted by Gasteiger charge is 2.25. The molecule has 0 spiro atoms. The van der Waals surface area contributed by atoms with Gasteiger partial charge in [-0.15, -0.1) is 0 Å². The maximum absolute atomic E-state index is 13.0. The van der Waals surface area contributed by atoms with Crippen molar-refractivity contribution in [2.24, 2.45) is 0 Å². The second kappa shape index (κ2) is 6.17. The van der Waals surface area contributed by atoms with Crippen LogP contribution in [0.1, 0.15) is 10.4 Å². The van der Waals surface area contributed by atoms with Gasteiger partial charge >= 0.3 is 0 Å². The maximum Gasteiger partial charge on any atom is 0.280 e. The van der Waals surface area contributed by atoms with Gasteiger partial charge in [0, 0.05) is 22.3 Å². The number of anilines is 2. The minimum atomic E-state index is -2.68. The summed E-state index contributed by atoms with van der Waals surface area (Å²) in [7, 11) is 0. The van der Waals surface area contributed by atoms with Gasteiger partial charge in [0.1, 0.15) is 17.1 Å². The molecule has 5 nitrogen and oxygen atoms in total. The molecule has 0 bridgehead atoms. The zero-order chi connectivity index (χ0) is 16.6. The van der Waals surface area contributed by atoms with Crippen LogP contribution in [0.25, 0.3) is 5.70 Å². The summed E-state index contributed by atoms with van der Waals surface area (Å²) >= 11 is 11.7. The van der Waals surface area contributed by atoms with Crippen LogP contribution in [-0.2, 0) is 0 Å². The number of amides is 1. The number of carbonyl (C=O) groups excluding carboxylic acids is 1. The van der Waals surface area contributed by atoms with Gasteiger partial charge in [-0.2, -0.15) is 5.10 Å². The molecule has 1 aromatic heterocycles. The number of hydrogen-bond donors (Lipinski definition) is 2. The average Bonchev–Trinajstić information content (AvgIpc) is 2.89. The lowest BCUT2D eigenvalue weighted by molar-refractivity contribution is 0.102. The highest BCUT2D eigenvalue weighted by molar-refractivity contribution is 6.35. The topological polar surface area (TPSA) is 59.0 Å². The first-order valence-corrected chi connectivity index (χ1v) is 7.29. The fraction of sp³-hybridized carbons (Fsp3) is 0.143. The van der Waals surface area contributed by atoms with Gasteiger partial charge in [-0.3, -0.25) is 4.79 Å². The number of hydrogen-bond acceptors (Lipinski definition) is 3. The van der Waals surface area contributed by atoms with Gasteiger partial charge in [-0.1, -0.05) is 23.2 Å². The average molecular weight is 359 g/mol. The maximum atomic E-state index is 13.0. The Bertz CT molecular complexity index is 784. The number of halogens is 4. The molecule has 1 aromatic carbocycles. The van der Waals surface area contributed by atoms with Crippen molar-refractivity contribution in [3.63, 3.8) is 0 Å². The van der Waals surface area contributed by atoms with Crippen molar-refractivity contribution in [1.82, 2.24) is 9.78 Å². The summed E-state index contributed by atoms with van der Waals surface area (Å²) in [5.41, 5.74) is 0.281. The lowest BCUT2D eigenvalue weighted by Gasteiger charge is -2.18. The molecule has 2 aromatic rings. The third kappa shape index (κ3) is 3.16. The standard InChI is InChI=1S/C14H10Cl2F2N4O/c15-7-3-8(16)5-9(4-7)21-14(23)10-6-20-22-11(12(17)18)1-2-19-13(10)22/h1,3-6,12,19H,2H2,(H,21,23). The van der Waals surface area contributed by atoms with Crippen LogP contribution in [0.4, 0.5) is 20.3 Å². The summed E-state index contributed by atoms with van der Waals surface area (Å²) < 4.78 is 26.9. The van der Waals surface area contributed by atoms with Crippen molar-refractivity contribution < 1.29 is 13.6 Å². The van der Waals surface area contributed by atoms with Crippen LogP contribution >= 0.6 is 23.2 Å². The number of alkyl halides is 2. The lowest BCUT2D eigenvalue weighted by atomic mass is 10.2. The molecule has 0 atom stereocenters. The van der Waals surface area contributed by atoms with E-state index >= 15 is 0 Å². The quantitative estimate of drug-likeness (QED) is 0.872. The van der Waals surface area contributed by atoms with Gasteiger partial charge in [-0.05, 0) is 24.3 Å². The van der Waals surface area contributed by atoms with Crippen LogP contribution in [0.2, 0.25) is 10.0 Å². The van der Waals surface area contributed by atoms with E-state index in [1.807, 2.05) is 0 Å². The monoisotopic (exact) mass is 358 g/mol. The van der Waals surface area contributed by atoms with Crippen LogP contribution in [0.15, 0.2) is 30.5 Å². The van der Waals surface area contributed by atoms with Crippen molar-refractivity contribution in [2.45, 2.75) is 6.43 Å². The first-order valence-electron chi connectivity index (χ1n) is 6.53. The van der Waals surface area contributed by atoms with Crippen LogP contribution in [0.3, 0.4) is 0 Å². The van der Waals surface area contributed by atoms with Crippen LogP contribution in [0, 0.1) is 0 Å². The second-order valence-corrected chi connectivity index (χ2v) is 5.61. The summed E-state index contributed by atoms with van der Waals surface area (Å²) in [6, 6.07) is 4.58. The number of nitrogens with one attached hydrogen (secondary N) is 2. The molecule has 0 unspecified atom stereocenters. The minimum absolute atomic E-state index is 0.146. The zero-order valence-electron chi connectivity index (χ0n) is 11.5. The van der Waals surface area contributed by atoms with E-state index in [0.717, 1.165) is 4.68 Å². The Kier molecular flexibility index (Phi) is 4.23. The van der Waals surface area contributed by atoms with E-state index in [0.29, 0.717) is 15.7 Å². The molecule has 1 aliphatic rings. The Morgan fingerprint density at radius 3 is 2.65 bits per heavy atom. The van der Waals surface area contributed by atoms with E-state index in [2.05, 4.69) is 15.7 Å². The predicted molar refractivity (Wildman–Crippen MR) is 85.4 cm³/mol. The predicted octanol–water partition coefficient (Wildman–Crippen LogP) is 3.97. The Balaban J connectivity index is 1.88. The normalized spacial score (nSPS) is 13.3. The number of allylic oxidation sites excluding steroid dienone is 1. The summed E-state index contributed by atoms with van der Waals surface area (Å²) in [5, 5.41) is 10.1. The van der Waals surface area contributed by atoms with Crippen LogP contribution in [-0.4, -0.2) is 28.7 Å². The molecule has 0 aliphatic carbocycles. The third-order valence-electron chi connectivity index (χ3n) is 3.18. The number of carbonyl (C=O) groups is 1. The molecule has 9 heteroatoms. The zero-order valence-corrected chi connectivity index (χ0v) is 13.0. The van der Waals surface area contributed by atoms with Crippen molar-refractivity contribution in [1.29, 1.82) is 0 Å². The van der Waals surface area contributed by atoms with E-state index in [1.54, 1.807) is 0 Å². The highest BCUT2D eigenvalue weighted by Crippen LogP contribution is 2.28. The van der Waals surface area contributed by atoms with E-state index in [-0.39, 0.29) is 23.6 Å². The fourth-order valence-electron chi connectivity index (χ4n) is 2.23. The molecular weight excluding hydrogens is 349 g/mol. The van der Waals surface area contributed by atoms with E-state index in [1.165, 1.54) is 30.5 Å². The molecule has 3 rings (SSSR count). The van der Waals surface area contributed by atoms with Crippen LogP contribution < -0.4 is 10.6 Å². The largest absolute Gasteiger partial charge is 0.366 e. The van der Waals surface area contributed by atoms with E-state index in [9.17, 15) is 13.6 Å². The van der Waals surface area contributed by atoms with Crippen molar-refractivity contribution in [3.05, 3.63) is 46.1 Å². The Morgan fingerprint density at radius 1 is 1.30 bits per heavy atom. The van der Waals surface area contributed by atoms with Gasteiger partial charge in [-0.25, -0.2) is 13.5 Å². The summed E-state index contributed by atoms with van der Waals surface area (Å²) in [6.45, 7) is 0.189. The van der Waals surface area contributed by atoms with Crippen LogP contribution in [0.5, 0.6) is 0 Å². The van der Waals surface area contributed by atoms with Gasteiger partial charge in [0.15, 0.2) is 0 Å². The molecular formula is C14H10Cl2F2N4O. The molecule has 2 heterocycles. The minimum Gasteiger partial charge on any atom is -0.366 e. The molecule has 2 N–H and O–H groups in total. The smallest absolute Gasteiger partial charge is 0.280 e. The fourth-order valence-corrected chi connectivity index (χ4v) is 2.75. The molecule has 23 heavy (non-hydrogen) atoms. The lowest BCUT2D eigenvalue weighted by Crippen LogP contribution is -2.21. The van der Waals surface area contributed by atoms with Gasteiger partial charge in [0.2, 0.25) is 0 Å². The molecule has 0 saturated heterocycles. The summed E-state index contributed by atoms with van der Waals surface area (Å²) in [4.78, 5) is 12.3. The SMILES string of the molecule is O=C(Nc1cc(Cl)cc(Cl)c1)c1cnn2c1NCC=C2C(F)F. The number of benzene rings is 1. The van der Waals surface area contributed by atoms with E-state index < -0.39 is 12.3 Å². The van der Waals surface area contributed by atoms with Crippen molar-refractivity contribution in [2.75, 3.05) is 17.2 Å². The van der Waals surface area contributed by atoms with Crippen molar-refractivity contribution >= 4 is 46.3 Å². The third-order valence-corrected chi connectivity index (χ3v) is 3.62. The molecule has 0 fully saturated rings. The number of nitrogens with zero attached hydrogens (tertiary/aromatic N) is 2. The molecule has 0 radical (unpaired) electrons.